The number of amides is 2. The third-order valence-corrected chi connectivity index (χ3v) is 4.86. The minimum Gasteiger partial charge on any atom is -0.479 e. The van der Waals surface area contributed by atoms with E-state index in [4.69, 9.17) is 4.74 Å². The Morgan fingerprint density at radius 2 is 1.96 bits per heavy atom. The molecule has 23 heavy (non-hydrogen) atoms. The predicted octanol–water partition coefficient (Wildman–Crippen LogP) is 2.23. The number of piperidine rings is 1. The molecule has 2 aliphatic rings. The van der Waals surface area contributed by atoms with Crippen molar-refractivity contribution in [1.29, 1.82) is 0 Å². The van der Waals surface area contributed by atoms with E-state index < -0.39 is 6.10 Å². The van der Waals surface area contributed by atoms with Crippen molar-refractivity contribution in [3.8, 4) is 5.75 Å². The number of hydrogen-bond acceptors (Lipinski definition) is 3. The predicted molar refractivity (Wildman–Crippen MR) is 88.6 cm³/mol. The first-order chi connectivity index (χ1) is 11.0. The molecule has 0 N–H and O–H groups in total. The Kier molecular flexibility index (Phi) is 4.28. The molecule has 124 valence electrons. The molecule has 0 aliphatic carbocycles. The van der Waals surface area contributed by atoms with Crippen LogP contribution in [0, 0.1) is 5.92 Å². The second kappa shape index (κ2) is 6.22. The molecule has 2 amide bonds. The Labute approximate surface area is 137 Å². The third-order valence-electron chi connectivity index (χ3n) is 4.86. The van der Waals surface area contributed by atoms with Crippen LogP contribution in [0.3, 0.4) is 0 Å². The van der Waals surface area contributed by atoms with Gasteiger partial charge in [-0.25, -0.2) is 0 Å². The van der Waals surface area contributed by atoms with E-state index in [9.17, 15) is 9.59 Å². The average molecular weight is 316 g/mol. The molecule has 1 aromatic carbocycles. The van der Waals surface area contributed by atoms with Crippen LogP contribution in [0.25, 0.3) is 0 Å². The number of nitrogens with zero attached hydrogens (tertiary/aromatic N) is 2. The second-order valence-electron chi connectivity index (χ2n) is 6.70. The second-order valence-corrected chi connectivity index (χ2v) is 6.70. The van der Waals surface area contributed by atoms with E-state index in [1.807, 2.05) is 23.1 Å². The maximum absolute atomic E-state index is 12.5. The number of carbonyl (C=O) groups excluding carboxylic acids is 2. The van der Waals surface area contributed by atoms with E-state index in [1.54, 1.807) is 18.9 Å². The van der Waals surface area contributed by atoms with Gasteiger partial charge < -0.3 is 14.5 Å². The van der Waals surface area contributed by atoms with Crippen molar-refractivity contribution in [1.82, 2.24) is 4.90 Å². The molecular formula is C18H24N2O3. The van der Waals surface area contributed by atoms with E-state index in [1.165, 1.54) is 0 Å². The monoisotopic (exact) mass is 316 g/mol. The number of ether oxygens (including phenoxy) is 1. The molecule has 5 nitrogen and oxygen atoms in total. The Balaban J connectivity index is 1.72. The minimum absolute atomic E-state index is 0.0639. The van der Waals surface area contributed by atoms with Gasteiger partial charge >= 0.3 is 0 Å². The van der Waals surface area contributed by atoms with Gasteiger partial charge in [0.05, 0.1) is 12.1 Å². The number of likely N-dealkylation sites (N-methyl/N-ethyl adjacent to an activating group) is 1. The molecule has 0 aromatic heterocycles. The highest BCUT2D eigenvalue weighted by atomic mass is 16.5. The standard InChI is InChI=1S/C18H24N2O3/c1-12-6-8-20(9-7-12)17(21)11-14-4-5-16-15(10-14)19(3)18(22)13(2)23-16/h4-5,10,12-13H,6-9,11H2,1-3H3. The fourth-order valence-electron chi connectivity index (χ4n) is 3.21. The summed E-state index contributed by atoms with van der Waals surface area (Å²) in [5, 5.41) is 0. The molecule has 3 rings (SSSR count). The van der Waals surface area contributed by atoms with Crippen molar-refractivity contribution in [2.24, 2.45) is 5.92 Å². The van der Waals surface area contributed by atoms with E-state index in [0.29, 0.717) is 18.1 Å². The number of benzene rings is 1. The Morgan fingerprint density at radius 1 is 1.26 bits per heavy atom. The smallest absolute Gasteiger partial charge is 0.267 e. The SMILES string of the molecule is CC1CCN(C(=O)Cc2ccc3c(c2)N(C)C(=O)C(C)O3)CC1. The third kappa shape index (κ3) is 3.19. The van der Waals surface area contributed by atoms with Gasteiger partial charge in [0.2, 0.25) is 5.91 Å². The molecule has 2 aliphatic heterocycles. The lowest BCUT2D eigenvalue weighted by Crippen LogP contribution is -2.42. The van der Waals surface area contributed by atoms with E-state index >= 15 is 0 Å². The van der Waals surface area contributed by atoms with E-state index in [-0.39, 0.29) is 11.8 Å². The van der Waals surface area contributed by atoms with E-state index in [2.05, 4.69) is 6.92 Å². The summed E-state index contributed by atoms with van der Waals surface area (Å²) in [5.74, 6) is 1.51. The largest absolute Gasteiger partial charge is 0.479 e. The van der Waals surface area contributed by atoms with Crippen molar-refractivity contribution in [3.63, 3.8) is 0 Å². The maximum Gasteiger partial charge on any atom is 0.267 e. The molecule has 0 radical (unpaired) electrons. The summed E-state index contributed by atoms with van der Waals surface area (Å²) in [7, 11) is 1.75. The van der Waals surface area contributed by atoms with Crippen LogP contribution in [0.1, 0.15) is 32.3 Å². The molecule has 1 fully saturated rings. The van der Waals surface area contributed by atoms with Gasteiger partial charge in [-0.1, -0.05) is 13.0 Å². The zero-order valence-electron chi connectivity index (χ0n) is 14.0. The van der Waals surface area contributed by atoms with Crippen molar-refractivity contribution >= 4 is 17.5 Å². The van der Waals surface area contributed by atoms with E-state index in [0.717, 1.165) is 37.2 Å². The van der Waals surface area contributed by atoms with Crippen molar-refractivity contribution in [2.75, 3.05) is 25.0 Å². The molecule has 0 saturated carbocycles. The summed E-state index contributed by atoms with van der Waals surface area (Å²) in [5.41, 5.74) is 1.66. The number of rotatable bonds is 2. The lowest BCUT2D eigenvalue weighted by Gasteiger charge is -2.31. The summed E-state index contributed by atoms with van der Waals surface area (Å²) in [6, 6.07) is 5.67. The number of anilines is 1. The van der Waals surface area contributed by atoms with Gasteiger partial charge in [0.15, 0.2) is 6.10 Å². The zero-order valence-corrected chi connectivity index (χ0v) is 14.0. The summed E-state index contributed by atoms with van der Waals surface area (Å²) in [6.45, 7) is 5.68. The first-order valence-corrected chi connectivity index (χ1v) is 8.30. The van der Waals surface area contributed by atoms with Gasteiger partial charge in [0, 0.05) is 20.1 Å². The first-order valence-electron chi connectivity index (χ1n) is 8.30. The number of fused-ring (bicyclic) bond motifs is 1. The van der Waals surface area contributed by atoms with Crippen LogP contribution in [0.15, 0.2) is 18.2 Å². The molecule has 0 bridgehead atoms. The Bertz CT molecular complexity index is 621. The summed E-state index contributed by atoms with van der Waals surface area (Å²) >= 11 is 0. The molecule has 0 spiro atoms. The fraction of sp³-hybridized carbons (Fsp3) is 0.556. The highest BCUT2D eigenvalue weighted by Gasteiger charge is 2.29. The lowest BCUT2D eigenvalue weighted by molar-refractivity contribution is -0.131. The Hall–Kier alpha value is -2.04. The topological polar surface area (TPSA) is 49.9 Å². The molecule has 1 aromatic rings. The number of hydrogen-bond donors (Lipinski definition) is 0. The number of carbonyl (C=O) groups is 2. The van der Waals surface area contributed by atoms with Crippen LogP contribution in [-0.2, 0) is 16.0 Å². The summed E-state index contributed by atoms with van der Waals surface area (Å²) < 4.78 is 5.62. The van der Waals surface area contributed by atoms with Crippen LogP contribution >= 0.6 is 0 Å². The van der Waals surface area contributed by atoms with Crippen LogP contribution < -0.4 is 9.64 Å². The van der Waals surface area contributed by atoms with Gasteiger partial charge in [-0.15, -0.1) is 0 Å². The van der Waals surface area contributed by atoms with Crippen molar-refractivity contribution < 1.29 is 14.3 Å². The van der Waals surface area contributed by atoms with Gasteiger partial charge in [0.25, 0.3) is 5.91 Å². The quantitative estimate of drug-likeness (QED) is 0.841. The molecular weight excluding hydrogens is 292 g/mol. The minimum atomic E-state index is -0.463. The van der Waals surface area contributed by atoms with Crippen molar-refractivity contribution in [2.45, 2.75) is 39.2 Å². The Morgan fingerprint density at radius 3 is 2.65 bits per heavy atom. The van der Waals surface area contributed by atoms with Gasteiger partial charge in [-0.05, 0) is 43.4 Å². The molecule has 1 atom stereocenters. The average Bonchev–Trinajstić information content (AvgIpc) is 2.54. The first kappa shape index (κ1) is 15.8. The normalized spacial score (nSPS) is 21.9. The molecule has 2 heterocycles. The zero-order chi connectivity index (χ0) is 16.6. The lowest BCUT2D eigenvalue weighted by atomic mass is 9.98. The molecule has 1 unspecified atom stereocenters. The molecule has 5 heteroatoms. The van der Waals surface area contributed by atoms with Crippen LogP contribution in [0.5, 0.6) is 5.75 Å². The van der Waals surface area contributed by atoms with Crippen molar-refractivity contribution in [3.05, 3.63) is 23.8 Å². The number of likely N-dealkylation sites (tertiary alicyclic amines) is 1. The van der Waals surface area contributed by atoms with Crippen LogP contribution in [0.2, 0.25) is 0 Å². The highest BCUT2D eigenvalue weighted by Crippen LogP contribution is 2.34. The van der Waals surface area contributed by atoms with Crippen LogP contribution in [0.4, 0.5) is 5.69 Å². The van der Waals surface area contributed by atoms with Gasteiger partial charge in [-0.2, -0.15) is 0 Å². The summed E-state index contributed by atoms with van der Waals surface area (Å²) in [4.78, 5) is 28.0. The van der Waals surface area contributed by atoms with Crippen LogP contribution in [-0.4, -0.2) is 43.0 Å². The highest BCUT2D eigenvalue weighted by molar-refractivity contribution is 5.99. The fourth-order valence-corrected chi connectivity index (χ4v) is 3.21. The van der Waals surface area contributed by atoms with Gasteiger partial charge in [-0.3, -0.25) is 9.59 Å². The summed E-state index contributed by atoms with van der Waals surface area (Å²) in [6.07, 6.45) is 2.08. The molecule has 1 saturated heterocycles. The maximum atomic E-state index is 12.5. The van der Waals surface area contributed by atoms with Gasteiger partial charge in [0.1, 0.15) is 5.75 Å².